The smallest absolute Gasteiger partial charge is 0.302 e. The first-order valence-corrected chi connectivity index (χ1v) is 13.3. The molecule has 2 N–H and O–H groups in total. The highest BCUT2D eigenvalue weighted by atomic mass is 16.5. The minimum atomic E-state index is -0.0969. The number of aliphatic imine (C=N–C) groups is 1. The standard InChI is InChI=1S/C34H26N4O3/c1-22(39-30-11-5-2-8-27(30)35)23-14-18-25(19-15-23)38(34-37-29-10-4-7-13-32(29)41-34)26-20-16-24(17-21-26)33-36-28-9-3-6-12-31(28)40-33/h2-12,14-21,32H,1,13,35H2. The van der Waals surface area contributed by atoms with Crippen molar-refractivity contribution in [3.63, 3.8) is 0 Å². The molecule has 4 aromatic carbocycles. The molecule has 1 aliphatic heterocycles. The Bertz CT molecular complexity index is 1820. The molecule has 2 heterocycles. The van der Waals surface area contributed by atoms with E-state index < -0.39 is 0 Å². The number of benzene rings is 4. The third kappa shape index (κ3) is 4.74. The summed E-state index contributed by atoms with van der Waals surface area (Å²) in [6, 6.07) is 31.5. The first kappa shape index (κ1) is 24.5. The van der Waals surface area contributed by atoms with Gasteiger partial charge in [-0.2, -0.15) is 4.99 Å². The molecule has 7 rings (SSSR count). The summed E-state index contributed by atoms with van der Waals surface area (Å²) in [6.45, 7) is 4.11. The molecular formula is C34H26N4O3. The van der Waals surface area contributed by atoms with Crippen LogP contribution in [0.2, 0.25) is 0 Å². The molecule has 0 saturated carbocycles. The van der Waals surface area contributed by atoms with Gasteiger partial charge in [-0.1, -0.05) is 43.0 Å². The summed E-state index contributed by atoms with van der Waals surface area (Å²) in [6.07, 6.45) is 6.78. The van der Waals surface area contributed by atoms with Crippen molar-refractivity contribution < 1.29 is 13.9 Å². The highest BCUT2D eigenvalue weighted by Crippen LogP contribution is 2.35. The number of hydrogen-bond acceptors (Lipinski definition) is 7. The molecule has 0 fully saturated rings. The van der Waals surface area contributed by atoms with Gasteiger partial charge >= 0.3 is 6.02 Å². The zero-order chi connectivity index (χ0) is 27.8. The fourth-order valence-electron chi connectivity index (χ4n) is 4.86. The summed E-state index contributed by atoms with van der Waals surface area (Å²) in [4.78, 5) is 11.5. The predicted molar refractivity (Wildman–Crippen MR) is 163 cm³/mol. The van der Waals surface area contributed by atoms with Gasteiger partial charge in [0.25, 0.3) is 0 Å². The van der Waals surface area contributed by atoms with E-state index in [0.717, 1.165) is 45.7 Å². The number of ether oxygens (including phenoxy) is 2. The monoisotopic (exact) mass is 538 g/mol. The molecule has 2 aliphatic rings. The average Bonchev–Trinajstić information content (AvgIpc) is 3.64. The third-order valence-electron chi connectivity index (χ3n) is 7.01. The number of anilines is 3. The molecule has 5 aromatic rings. The highest BCUT2D eigenvalue weighted by molar-refractivity contribution is 6.01. The van der Waals surface area contributed by atoms with Crippen LogP contribution in [0.1, 0.15) is 12.0 Å². The van der Waals surface area contributed by atoms with Crippen molar-refractivity contribution in [2.24, 2.45) is 4.99 Å². The second-order valence-corrected chi connectivity index (χ2v) is 9.74. The van der Waals surface area contributed by atoms with Crippen LogP contribution < -0.4 is 15.4 Å². The molecule has 1 aliphatic carbocycles. The second-order valence-electron chi connectivity index (χ2n) is 9.74. The van der Waals surface area contributed by atoms with Crippen LogP contribution in [0.5, 0.6) is 5.75 Å². The maximum atomic E-state index is 6.33. The van der Waals surface area contributed by atoms with E-state index in [4.69, 9.17) is 24.6 Å². The SMILES string of the molecule is C=C(Oc1ccccc1N)c1ccc(N(C2=NC3=CC=CCC3O2)c2ccc(-c3nc4ccccc4o3)cc2)cc1. The fourth-order valence-corrected chi connectivity index (χ4v) is 4.86. The minimum Gasteiger partial charge on any atom is -0.455 e. The third-order valence-corrected chi connectivity index (χ3v) is 7.01. The van der Waals surface area contributed by atoms with Gasteiger partial charge in [-0.3, -0.25) is 4.90 Å². The van der Waals surface area contributed by atoms with Gasteiger partial charge in [-0.25, -0.2) is 4.98 Å². The number of rotatable bonds is 6. The van der Waals surface area contributed by atoms with Crippen LogP contribution in [0.3, 0.4) is 0 Å². The van der Waals surface area contributed by atoms with Gasteiger partial charge in [0.05, 0.1) is 22.8 Å². The number of oxazole rings is 1. The number of hydrogen-bond donors (Lipinski definition) is 1. The lowest BCUT2D eigenvalue weighted by Gasteiger charge is -2.25. The van der Waals surface area contributed by atoms with E-state index in [0.29, 0.717) is 29.1 Å². The quantitative estimate of drug-likeness (QED) is 0.175. The first-order chi connectivity index (χ1) is 20.1. The van der Waals surface area contributed by atoms with Crippen LogP contribution in [-0.2, 0) is 4.74 Å². The molecule has 0 radical (unpaired) electrons. The second kappa shape index (κ2) is 10.2. The van der Waals surface area contributed by atoms with Gasteiger partial charge < -0.3 is 19.6 Å². The maximum absolute atomic E-state index is 6.33. The molecular weight excluding hydrogens is 512 g/mol. The Hall–Kier alpha value is -5.56. The van der Waals surface area contributed by atoms with Crippen LogP contribution in [-0.4, -0.2) is 17.1 Å². The molecule has 41 heavy (non-hydrogen) atoms. The van der Waals surface area contributed by atoms with Crippen molar-refractivity contribution in [1.82, 2.24) is 4.98 Å². The molecule has 200 valence electrons. The van der Waals surface area contributed by atoms with Crippen molar-refractivity contribution in [2.45, 2.75) is 12.5 Å². The summed E-state index contributed by atoms with van der Waals surface area (Å²) >= 11 is 0. The first-order valence-electron chi connectivity index (χ1n) is 13.3. The number of amidine groups is 1. The van der Waals surface area contributed by atoms with E-state index in [-0.39, 0.29) is 6.10 Å². The molecule has 1 atom stereocenters. The van der Waals surface area contributed by atoms with Gasteiger partial charge in [0.1, 0.15) is 23.1 Å². The van der Waals surface area contributed by atoms with Gasteiger partial charge in [-0.05, 0) is 78.9 Å². The van der Waals surface area contributed by atoms with E-state index in [1.54, 1.807) is 6.07 Å². The Morgan fingerprint density at radius 3 is 2.39 bits per heavy atom. The Morgan fingerprint density at radius 2 is 1.63 bits per heavy atom. The molecule has 7 heteroatoms. The molecule has 7 nitrogen and oxygen atoms in total. The van der Waals surface area contributed by atoms with Crippen molar-refractivity contribution >= 4 is 39.9 Å². The normalized spacial score (nSPS) is 15.6. The summed E-state index contributed by atoms with van der Waals surface area (Å²) in [5.41, 5.74) is 12.6. The number of fused-ring (bicyclic) bond motifs is 2. The van der Waals surface area contributed by atoms with Crippen LogP contribution in [0.25, 0.3) is 28.3 Å². The van der Waals surface area contributed by atoms with Crippen molar-refractivity contribution in [3.8, 4) is 17.2 Å². The van der Waals surface area contributed by atoms with Crippen LogP contribution in [0, 0.1) is 0 Å². The van der Waals surface area contributed by atoms with Gasteiger partial charge in [0.2, 0.25) is 5.89 Å². The summed E-state index contributed by atoms with van der Waals surface area (Å²) in [5, 5.41) is 0. The topological polar surface area (TPSA) is 86.1 Å². The lowest BCUT2D eigenvalue weighted by atomic mass is 10.1. The molecule has 0 bridgehead atoms. The minimum absolute atomic E-state index is 0.0969. The van der Waals surface area contributed by atoms with Crippen LogP contribution >= 0.6 is 0 Å². The Kier molecular flexibility index (Phi) is 6.09. The Morgan fingerprint density at radius 1 is 0.902 bits per heavy atom. The zero-order valence-electron chi connectivity index (χ0n) is 22.1. The lowest BCUT2D eigenvalue weighted by Crippen LogP contribution is -2.28. The van der Waals surface area contributed by atoms with Crippen LogP contribution in [0.15, 0.2) is 137 Å². The van der Waals surface area contributed by atoms with Gasteiger partial charge in [0.15, 0.2) is 5.58 Å². The number of para-hydroxylation sites is 4. The van der Waals surface area contributed by atoms with E-state index in [1.165, 1.54) is 0 Å². The van der Waals surface area contributed by atoms with Crippen molar-refractivity contribution in [3.05, 3.63) is 133 Å². The highest BCUT2D eigenvalue weighted by Gasteiger charge is 2.31. The van der Waals surface area contributed by atoms with E-state index in [1.807, 2.05) is 108 Å². The molecule has 0 amide bonds. The van der Waals surface area contributed by atoms with Crippen molar-refractivity contribution in [1.29, 1.82) is 0 Å². The van der Waals surface area contributed by atoms with Gasteiger partial charge in [-0.15, -0.1) is 0 Å². The summed E-state index contributed by atoms with van der Waals surface area (Å²) in [7, 11) is 0. The van der Waals surface area contributed by atoms with E-state index >= 15 is 0 Å². The predicted octanol–water partition coefficient (Wildman–Crippen LogP) is 7.86. The Labute approximate surface area is 237 Å². The van der Waals surface area contributed by atoms with Crippen LogP contribution in [0.4, 0.5) is 17.1 Å². The number of nitrogens with two attached hydrogens (primary N) is 1. The molecule has 1 unspecified atom stereocenters. The lowest BCUT2D eigenvalue weighted by molar-refractivity contribution is 0.243. The fraction of sp³-hybridized carbons (Fsp3) is 0.0588. The largest absolute Gasteiger partial charge is 0.455 e. The van der Waals surface area contributed by atoms with Crippen molar-refractivity contribution in [2.75, 3.05) is 10.6 Å². The van der Waals surface area contributed by atoms with E-state index in [9.17, 15) is 0 Å². The Balaban J connectivity index is 1.21. The maximum Gasteiger partial charge on any atom is 0.302 e. The average molecular weight is 539 g/mol. The molecule has 1 aromatic heterocycles. The zero-order valence-corrected chi connectivity index (χ0v) is 22.1. The molecule has 0 saturated heterocycles. The number of nitrogen functional groups attached to an aromatic ring is 1. The number of allylic oxidation sites excluding steroid dienone is 2. The molecule has 0 spiro atoms. The number of aromatic nitrogens is 1. The van der Waals surface area contributed by atoms with Gasteiger partial charge in [0, 0.05) is 17.5 Å². The summed E-state index contributed by atoms with van der Waals surface area (Å²) in [5.74, 6) is 1.64. The number of nitrogens with zero attached hydrogens (tertiary/aromatic N) is 3. The van der Waals surface area contributed by atoms with E-state index in [2.05, 4.69) is 17.6 Å². The summed E-state index contributed by atoms with van der Waals surface area (Å²) < 4.78 is 18.2.